The predicted octanol–water partition coefficient (Wildman–Crippen LogP) is 1.51. The number of carboxylic acids is 1. The molecule has 2 aromatic rings. The van der Waals surface area contributed by atoms with Crippen molar-refractivity contribution in [1.82, 2.24) is 19.7 Å². The molecule has 0 radical (unpaired) electrons. The Kier molecular flexibility index (Phi) is 4.75. The van der Waals surface area contributed by atoms with Crippen molar-refractivity contribution in [3.8, 4) is 5.69 Å². The predicted molar refractivity (Wildman–Crippen MR) is 77.1 cm³/mol. The summed E-state index contributed by atoms with van der Waals surface area (Å²) in [7, 11) is 3.90. The molecule has 0 spiro atoms. The molecule has 20 heavy (non-hydrogen) atoms. The molecule has 1 aromatic heterocycles. The van der Waals surface area contributed by atoms with Crippen molar-refractivity contribution in [3.05, 3.63) is 36.2 Å². The Bertz CT molecular complexity index is 583. The van der Waals surface area contributed by atoms with Crippen molar-refractivity contribution in [2.75, 3.05) is 19.8 Å². The van der Waals surface area contributed by atoms with Gasteiger partial charge in [0.25, 0.3) is 0 Å². The fourth-order valence-corrected chi connectivity index (χ4v) is 2.43. The van der Waals surface area contributed by atoms with E-state index in [9.17, 15) is 4.79 Å². The van der Waals surface area contributed by atoms with E-state index < -0.39 is 5.97 Å². The highest BCUT2D eigenvalue weighted by Crippen LogP contribution is 2.22. The molecule has 6 nitrogen and oxygen atoms in total. The van der Waals surface area contributed by atoms with E-state index in [0.717, 1.165) is 11.5 Å². The SMILES string of the molecule is CN(C)Cc1nnc(SCC(=O)O)n1-c1ccccc1. The zero-order valence-corrected chi connectivity index (χ0v) is 12.2. The Balaban J connectivity index is 2.37. The summed E-state index contributed by atoms with van der Waals surface area (Å²) >= 11 is 1.17. The largest absolute Gasteiger partial charge is 0.481 e. The first kappa shape index (κ1) is 14.5. The van der Waals surface area contributed by atoms with Gasteiger partial charge in [-0.2, -0.15) is 0 Å². The number of carboxylic acid groups (broad SMARTS) is 1. The van der Waals surface area contributed by atoms with Crippen molar-refractivity contribution >= 4 is 17.7 Å². The van der Waals surface area contributed by atoms with Crippen LogP contribution in [0.2, 0.25) is 0 Å². The van der Waals surface area contributed by atoms with Gasteiger partial charge in [0.1, 0.15) is 0 Å². The van der Waals surface area contributed by atoms with Crippen LogP contribution < -0.4 is 0 Å². The molecule has 0 amide bonds. The zero-order chi connectivity index (χ0) is 14.5. The van der Waals surface area contributed by atoms with Crippen LogP contribution in [-0.4, -0.2) is 50.6 Å². The summed E-state index contributed by atoms with van der Waals surface area (Å²) in [5.74, 6) is -0.117. The third-order valence-electron chi connectivity index (χ3n) is 2.50. The van der Waals surface area contributed by atoms with Gasteiger partial charge in [-0.1, -0.05) is 30.0 Å². The van der Waals surface area contributed by atoms with Gasteiger partial charge in [-0.15, -0.1) is 10.2 Å². The molecule has 0 fully saturated rings. The number of para-hydroxylation sites is 1. The minimum absolute atomic E-state index is 0.0348. The number of hydrogen-bond donors (Lipinski definition) is 1. The maximum absolute atomic E-state index is 10.7. The second-order valence-corrected chi connectivity index (χ2v) is 5.43. The molecule has 1 heterocycles. The Morgan fingerprint density at radius 1 is 1.30 bits per heavy atom. The number of carbonyl (C=O) groups is 1. The molecule has 0 aliphatic heterocycles. The topological polar surface area (TPSA) is 71.2 Å². The highest BCUT2D eigenvalue weighted by atomic mass is 32.2. The van der Waals surface area contributed by atoms with Crippen LogP contribution in [0.1, 0.15) is 5.82 Å². The van der Waals surface area contributed by atoms with Crippen LogP contribution in [-0.2, 0) is 11.3 Å². The van der Waals surface area contributed by atoms with Gasteiger partial charge in [-0.25, -0.2) is 0 Å². The van der Waals surface area contributed by atoms with Crippen LogP contribution in [0.25, 0.3) is 5.69 Å². The third kappa shape index (κ3) is 3.58. The van der Waals surface area contributed by atoms with Crippen LogP contribution in [0.15, 0.2) is 35.5 Å². The summed E-state index contributed by atoms with van der Waals surface area (Å²) in [5, 5.41) is 17.7. The minimum Gasteiger partial charge on any atom is -0.481 e. The van der Waals surface area contributed by atoms with Crippen molar-refractivity contribution in [2.24, 2.45) is 0 Å². The zero-order valence-electron chi connectivity index (χ0n) is 11.4. The number of benzene rings is 1. The van der Waals surface area contributed by atoms with E-state index >= 15 is 0 Å². The second kappa shape index (κ2) is 6.53. The lowest BCUT2D eigenvalue weighted by molar-refractivity contribution is -0.133. The first-order valence-corrected chi connectivity index (χ1v) is 7.05. The number of aliphatic carboxylic acids is 1. The quantitative estimate of drug-likeness (QED) is 0.814. The molecule has 2 rings (SSSR count). The number of aromatic nitrogens is 3. The molecule has 0 saturated heterocycles. The lowest BCUT2D eigenvalue weighted by Gasteiger charge is -2.12. The fourth-order valence-electron chi connectivity index (χ4n) is 1.74. The number of nitrogens with zero attached hydrogens (tertiary/aromatic N) is 4. The van der Waals surface area contributed by atoms with E-state index in [1.54, 1.807) is 0 Å². The second-order valence-electron chi connectivity index (χ2n) is 4.49. The van der Waals surface area contributed by atoms with Crippen molar-refractivity contribution in [1.29, 1.82) is 0 Å². The summed E-state index contributed by atoms with van der Waals surface area (Å²) in [6, 6.07) is 9.70. The van der Waals surface area contributed by atoms with E-state index in [1.165, 1.54) is 11.8 Å². The van der Waals surface area contributed by atoms with Crippen molar-refractivity contribution in [2.45, 2.75) is 11.7 Å². The standard InChI is InChI=1S/C13H16N4O2S/c1-16(2)8-11-14-15-13(20-9-12(18)19)17(11)10-6-4-3-5-7-10/h3-7H,8-9H2,1-2H3,(H,18,19). The van der Waals surface area contributed by atoms with Gasteiger partial charge in [-0.05, 0) is 26.2 Å². The fraction of sp³-hybridized carbons (Fsp3) is 0.308. The lowest BCUT2D eigenvalue weighted by Crippen LogP contribution is -2.15. The highest BCUT2D eigenvalue weighted by Gasteiger charge is 2.15. The van der Waals surface area contributed by atoms with E-state index in [4.69, 9.17) is 5.11 Å². The summed E-state index contributed by atoms with van der Waals surface area (Å²) in [6.45, 7) is 0.634. The molecule has 106 valence electrons. The minimum atomic E-state index is -0.869. The Morgan fingerprint density at radius 3 is 2.60 bits per heavy atom. The third-order valence-corrected chi connectivity index (χ3v) is 3.41. The number of hydrogen-bond acceptors (Lipinski definition) is 5. The van der Waals surface area contributed by atoms with Crippen LogP contribution in [0.3, 0.4) is 0 Å². The number of thioether (sulfide) groups is 1. The van der Waals surface area contributed by atoms with Gasteiger partial charge in [0.2, 0.25) is 0 Å². The van der Waals surface area contributed by atoms with Crippen LogP contribution in [0.4, 0.5) is 0 Å². The average molecular weight is 292 g/mol. The van der Waals surface area contributed by atoms with Crippen molar-refractivity contribution in [3.63, 3.8) is 0 Å². The summed E-state index contributed by atoms with van der Waals surface area (Å²) in [5.41, 5.74) is 0.933. The number of rotatable bonds is 6. The highest BCUT2D eigenvalue weighted by molar-refractivity contribution is 7.99. The van der Waals surface area contributed by atoms with E-state index in [0.29, 0.717) is 11.7 Å². The molecular weight excluding hydrogens is 276 g/mol. The van der Waals surface area contributed by atoms with Gasteiger partial charge >= 0.3 is 5.97 Å². The molecule has 0 aliphatic carbocycles. The molecule has 1 aromatic carbocycles. The molecular formula is C13H16N4O2S. The van der Waals surface area contributed by atoms with Crippen LogP contribution in [0, 0.1) is 0 Å². The first-order valence-electron chi connectivity index (χ1n) is 6.07. The Morgan fingerprint density at radius 2 is 2.00 bits per heavy atom. The van der Waals surface area contributed by atoms with E-state index in [1.807, 2.05) is 53.9 Å². The maximum Gasteiger partial charge on any atom is 0.313 e. The van der Waals surface area contributed by atoms with Crippen molar-refractivity contribution < 1.29 is 9.90 Å². The van der Waals surface area contributed by atoms with E-state index in [-0.39, 0.29) is 5.75 Å². The monoisotopic (exact) mass is 292 g/mol. The van der Waals surface area contributed by atoms with Crippen LogP contribution >= 0.6 is 11.8 Å². The molecule has 0 saturated carbocycles. The first-order chi connectivity index (χ1) is 9.58. The molecule has 0 aliphatic rings. The summed E-state index contributed by atoms with van der Waals surface area (Å²) in [6.07, 6.45) is 0. The van der Waals surface area contributed by atoms with Gasteiger partial charge in [0.15, 0.2) is 11.0 Å². The van der Waals surface area contributed by atoms with Gasteiger partial charge in [0, 0.05) is 5.69 Å². The van der Waals surface area contributed by atoms with Gasteiger partial charge in [0.05, 0.1) is 12.3 Å². The Hall–Kier alpha value is -1.86. The normalized spacial score (nSPS) is 10.9. The lowest BCUT2D eigenvalue weighted by atomic mass is 10.3. The molecule has 0 bridgehead atoms. The molecule has 0 atom stereocenters. The average Bonchev–Trinajstić information content (AvgIpc) is 2.79. The van der Waals surface area contributed by atoms with E-state index in [2.05, 4.69) is 10.2 Å². The molecule has 7 heteroatoms. The molecule has 1 N–H and O–H groups in total. The van der Waals surface area contributed by atoms with Crippen LogP contribution in [0.5, 0.6) is 0 Å². The summed E-state index contributed by atoms with van der Waals surface area (Å²) < 4.78 is 1.90. The van der Waals surface area contributed by atoms with Gasteiger partial charge < -0.3 is 10.0 Å². The maximum atomic E-state index is 10.7. The smallest absolute Gasteiger partial charge is 0.313 e. The summed E-state index contributed by atoms with van der Waals surface area (Å²) in [4.78, 5) is 12.7. The van der Waals surface area contributed by atoms with Gasteiger partial charge in [-0.3, -0.25) is 9.36 Å². The Labute approximate surface area is 121 Å². The molecule has 0 unspecified atom stereocenters.